The number of nitrogens with zero attached hydrogens (tertiary/aromatic N) is 2. The maximum absolute atomic E-state index is 13.3. The van der Waals surface area contributed by atoms with E-state index in [2.05, 4.69) is 25.9 Å². The van der Waals surface area contributed by atoms with Gasteiger partial charge in [0.1, 0.15) is 0 Å². The molecule has 4 N–H and O–H groups in total. The zero-order valence-corrected chi connectivity index (χ0v) is 18.9. The van der Waals surface area contributed by atoms with E-state index in [1.165, 1.54) is 6.20 Å². The van der Waals surface area contributed by atoms with Gasteiger partial charge < -0.3 is 25.6 Å². The highest BCUT2D eigenvalue weighted by molar-refractivity contribution is 7.91. The molecule has 2 atom stereocenters. The molecule has 3 aromatic rings. The van der Waals surface area contributed by atoms with Gasteiger partial charge in [-0.15, -0.1) is 0 Å². The van der Waals surface area contributed by atoms with E-state index in [0.717, 1.165) is 12.2 Å². The van der Waals surface area contributed by atoms with Crippen molar-refractivity contribution in [3.8, 4) is 0 Å². The Bertz CT molecular complexity index is 1200. The van der Waals surface area contributed by atoms with Crippen molar-refractivity contribution in [3.63, 3.8) is 0 Å². The van der Waals surface area contributed by atoms with Gasteiger partial charge in [0.2, 0.25) is 0 Å². The summed E-state index contributed by atoms with van der Waals surface area (Å²) >= 11 is -1.67. The Morgan fingerprint density at radius 2 is 1.94 bits per heavy atom. The number of amides is 1. The van der Waals surface area contributed by atoms with Crippen molar-refractivity contribution in [2.45, 2.75) is 16.6 Å². The number of pyridine rings is 1. The van der Waals surface area contributed by atoms with Crippen LogP contribution in [0.15, 0.2) is 82.9 Å². The van der Waals surface area contributed by atoms with E-state index < -0.39 is 22.4 Å². The van der Waals surface area contributed by atoms with Crippen LogP contribution in [0, 0.1) is 0 Å². The van der Waals surface area contributed by atoms with Crippen molar-refractivity contribution >= 4 is 40.4 Å². The van der Waals surface area contributed by atoms with Crippen LogP contribution in [0.3, 0.4) is 0 Å². The van der Waals surface area contributed by atoms with Crippen LogP contribution < -0.4 is 16.0 Å². The Morgan fingerprint density at radius 3 is 2.68 bits per heavy atom. The van der Waals surface area contributed by atoms with Crippen molar-refractivity contribution in [1.29, 1.82) is 0 Å². The fraction of sp³-hybridized carbons (Fsp3) is 0.167. The third-order valence-corrected chi connectivity index (χ3v) is 6.73. The van der Waals surface area contributed by atoms with Gasteiger partial charge in [0.15, 0.2) is 16.1 Å². The van der Waals surface area contributed by atoms with Gasteiger partial charge >= 0.3 is 5.97 Å². The third-order valence-electron chi connectivity index (χ3n) is 5.06. The van der Waals surface area contributed by atoms with E-state index in [4.69, 9.17) is 0 Å². The largest absolute Gasteiger partial charge is 0.611 e. The quantitative estimate of drug-likeness (QED) is 0.366. The number of carbonyl (C=O) groups is 2. The normalized spacial score (nSPS) is 14.4. The van der Waals surface area contributed by atoms with Crippen LogP contribution in [0.25, 0.3) is 0 Å². The smallest absolute Gasteiger partial charge is 0.308 e. The lowest BCUT2D eigenvalue weighted by molar-refractivity contribution is -0.137. The molecule has 0 aliphatic carbocycles. The highest BCUT2D eigenvalue weighted by Crippen LogP contribution is 2.32. The van der Waals surface area contributed by atoms with Gasteiger partial charge in [-0.3, -0.25) is 19.6 Å². The van der Waals surface area contributed by atoms with Gasteiger partial charge in [0.25, 0.3) is 5.91 Å². The van der Waals surface area contributed by atoms with Crippen LogP contribution in [-0.4, -0.2) is 45.6 Å². The maximum Gasteiger partial charge on any atom is 0.308 e. The molecule has 0 spiro atoms. The number of rotatable bonds is 8. The summed E-state index contributed by atoms with van der Waals surface area (Å²) in [5, 5.41) is 17.6. The molecule has 2 unspecified atom stereocenters. The number of carboxylic acid groups (broad SMARTS) is 1. The molecule has 34 heavy (non-hydrogen) atoms. The lowest BCUT2D eigenvalue weighted by atomic mass is 10.1. The third kappa shape index (κ3) is 5.91. The van der Waals surface area contributed by atoms with Gasteiger partial charge in [-0.05, 0) is 47.6 Å². The SMILES string of the molecule is O=C(O)CC(c1cccnc1)[S+]([O-])c1cccc(NC(=O)c2cccc(NC3=NCCN3)c2)c1. The number of aliphatic carboxylic acids is 1. The average molecular weight is 478 g/mol. The van der Waals surface area contributed by atoms with Crippen LogP contribution >= 0.6 is 0 Å². The predicted octanol–water partition coefficient (Wildman–Crippen LogP) is 3.03. The Labute approximate surface area is 199 Å². The van der Waals surface area contributed by atoms with Crippen molar-refractivity contribution in [1.82, 2.24) is 10.3 Å². The monoisotopic (exact) mass is 477 g/mol. The zero-order chi connectivity index (χ0) is 23.9. The van der Waals surface area contributed by atoms with Gasteiger partial charge in [-0.1, -0.05) is 18.2 Å². The summed E-state index contributed by atoms with van der Waals surface area (Å²) in [5.41, 5.74) is 2.19. The minimum absolute atomic E-state index is 0.311. The van der Waals surface area contributed by atoms with Crippen molar-refractivity contribution in [2.75, 3.05) is 23.7 Å². The topological polar surface area (TPSA) is 139 Å². The molecule has 0 saturated carbocycles. The number of anilines is 2. The van der Waals surface area contributed by atoms with E-state index in [0.29, 0.717) is 34.2 Å². The molecule has 1 aromatic heterocycles. The highest BCUT2D eigenvalue weighted by Gasteiger charge is 2.30. The first-order valence-corrected chi connectivity index (χ1v) is 11.8. The van der Waals surface area contributed by atoms with E-state index >= 15 is 0 Å². The Hall–Kier alpha value is -3.89. The standard InChI is InChI=1S/C24H23N5O4S/c30-22(31)14-21(17-5-3-9-25-15-17)34(33)20-8-2-7-19(13-20)28-23(32)16-4-1-6-18(12-16)29-24-26-10-11-27-24/h1-9,12-13,15,21H,10-11,14H2,(H,28,32)(H,30,31)(H2,26,27,29). The summed E-state index contributed by atoms with van der Waals surface area (Å²) in [5.74, 6) is -0.724. The number of hydrogen-bond donors (Lipinski definition) is 4. The van der Waals surface area contributed by atoms with Crippen LogP contribution in [-0.2, 0) is 16.0 Å². The number of guanidine groups is 1. The number of hydrogen-bond acceptors (Lipinski definition) is 7. The number of benzene rings is 2. The molecule has 4 rings (SSSR count). The lowest BCUT2D eigenvalue weighted by Crippen LogP contribution is -2.26. The summed E-state index contributed by atoms with van der Waals surface area (Å²) < 4.78 is 13.3. The molecule has 10 heteroatoms. The molecule has 2 aromatic carbocycles. The fourth-order valence-corrected chi connectivity index (χ4v) is 4.93. The predicted molar refractivity (Wildman–Crippen MR) is 130 cm³/mol. The van der Waals surface area contributed by atoms with Crippen LogP contribution in [0.1, 0.15) is 27.6 Å². The molecule has 174 valence electrons. The van der Waals surface area contributed by atoms with Crippen LogP contribution in [0.2, 0.25) is 0 Å². The second-order valence-electron chi connectivity index (χ2n) is 7.52. The van der Waals surface area contributed by atoms with E-state index in [1.807, 2.05) is 6.07 Å². The number of carboxylic acids is 1. The van der Waals surface area contributed by atoms with Gasteiger partial charge in [-0.2, -0.15) is 0 Å². The second-order valence-corrected chi connectivity index (χ2v) is 9.15. The fourth-order valence-electron chi connectivity index (χ4n) is 3.47. The number of carbonyl (C=O) groups excluding carboxylic acids is 1. The molecule has 1 amide bonds. The summed E-state index contributed by atoms with van der Waals surface area (Å²) in [7, 11) is 0. The minimum atomic E-state index is -1.67. The van der Waals surface area contributed by atoms with Crippen LogP contribution in [0.4, 0.5) is 11.4 Å². The first-order valence-electron chi connectivity index (χ1n) is 10.6. The molecule has 0 saturated heterocycles. The summed E-state index contributed by atoms with van der Waals surface area (Å²) in [6.07, 6.45) is 2.78. The number of aliphatic imine (C=N–C) groups is 1. The van der Waals surface area contributed by atoms with E-state index in [9.17, 15) is 19.2 Å². The molecular weight excluding hydrogens is 454 g/mol. The summed E-state index contributed by atoms with van der Waals surface area (Å²) in [4.78, 5) is 32.9. The first-order chi connectivity index (χ1) is 16.5. The lowest BCUT2D eigenvalue weighted by Gasteiger charge is -2.20. The Morgan fingerprint density at radius 1 is 1.12 bits per heavy atom. The molecule has 2 heterocycles. The molecule has 1 aliphatic rings. The van der Waals surface area contributed by atoms with Crippen LogP contribution in [0.5, 0.6) is 0 Å². The number of aromatic nitrogens is 1. The highest BCUT2D eigenvalue weighted by atomic mass is 32.2. The van der Waals surface area contributed by atoms with E-state index in [-0.39, 0.29) is 12.3 Å². The Kier molecular flexibility index (Phi) is 7.41. The first kappa shape index (κ1) is 23.3. The summed E-state index contributed by atoms with van der Waals surface area (Å²) in [6, 6.07) is 17.0. The van der Waals surface area contributed by atoms with Crippen molar-refractivity contribution in [3.05, 3.63) is 84.2 Å². The van der Waals surface area contributed by atoms with Gasteiger partial charge in [0.05, 0.1) is 13.0 Å². The molecule has 0 bridgehead atoms. The van der Waals surface area contributed by atoms with Gasteiger partial charge in [-0.25, -0.2) is 0 Å². The molecule has 0 radical (unpaired) electrons. The maximum atomic E-state index is 13.3. The van der Waals surface area contributed by atoms with E-state index in [1.54, 1.807) is 60.8 Å². The molecule has 0 fully saturated rings. The molecule has 9 nitrogen and oxygen atoms in total. The molecule has 1 aliphatic heterocycles. The minimum Gasteiger partial charge on any atom is -0.611 e. The summed E-state index contributed by atoms with van der Waals surface area (Å²) in [6.45, 7) is 1.47. The zero-order valence-electron chi connectivity index (χ0n) is 18.1. The Balaban J connectivity index is 1.49. The number of nitrogens with one attached hydrogen (secondary N) is 3. The van der Waals surface area contributed by atoms with Gasteiger partial charge in [0, 0.05) is 47.5 Å². The molecular formula is C24H23N5O4S. The van der Waals surface area contributed by atoms with Crippen molar-refractivity contribution < 1.29 is 19.2 Å². The van der Waals surface area contributed by atoms with Crippen molar-refractivity contribution in [2.24, 2.45) is 4.99 Å². The average Bonchev–Trinajstić information content (AvgIpc) is 3.36. The second kappa shape index (κ2) is 10.8.